The van der Waals surface area contributed by atoms with E-state index in [1.165, 1.54) is 19.3 Å². The zero-order valence-electron chi connectivity index (χ0n) is 13.1. The molecule has 1 aromatic heterocycles. The lowest BCUT2D eigenvalue weighted by Crippen LogP contribution is -2.40. The third-order valence-corrected chi connectivity index (χ3v) is 4.24. The van der Waals surface area contributed by atoms with Crippen molar-refractivity contribution in [1.82, 2.24) is 20.3 Å². The summed E-state index contributed by atoms with van der Waals surface area (Å²) in [5.74, 6) is 0.0161. The average Bonchev–Trinajstić information content (AvgIpc) is 2.97. The van der Waals surface area contributed by atoms with Gasteiger partial charge in [-0.1, -0.05) is 37.8 Å². The minimum Gasteiger partial charge on any atom is -0.352 e. The van der Waals surface area contributed by atoms with Crippen molar-refractivity contribution in [2.24, 2.45) is 5.73 Å². The fraction of sp³-hybridized carbons (Fsp3) is 0.800. The lowest BCUT2D eigenvalue weighted by molar-refractivity contribution is -0.125. The number of hydrogen-bond donors (Lipinski definition) is 2. The van der Waals surface area contributed by atoms with Crippen LogP contribution in [0.4, 0.5) is 0 Å². The Balaban J connectivity index is 1.92. The van der Waals surface area contributed by atoms with Gasteiger partial charge in [0.2, 0.25) is 5.91 Å². The first-order chi connectivity index (χ1) is 10.1. The zero-order valence-corrected chi connectivity index (χ0v) is 13.1. The topological polar surface area (TPSA) is 85.8 Å². The number of nitrogens with two attached hydrogens (primary N) is 1. The van der Waals surface area contributed by atoms with E-state index in [1.54, 1.807) is 10.9 Å². The molecule has 0 radical (unpaired) electrons. The predicted molar refractivity (Wildman–Crippen MR) is 81.6 cm³/mol. The summed E-state index contributed by atoms with van der Waals surface area (Å²) in [7, 11) is 0. The normalized spacial score (nSPS) is 19.2. The number of aromatic nitrogens is 3. The van der Waals surface area contributed by atoms with Crippen LogP contribution in [0.2, 0.25) is 0 Å². The van der Waals surface area contributed by atoms with E-state index in [0.29, 0.717) is 6.04 Å². The van der Waals surface area contributed by atoms with Crippen molar-refractivity contribution >= 4 is 5.91 Å². The van der Waals surface area contributed by atoms with Gasteiger partial charge in [-0.15, -0.1) is 5.10 Å². The smallest absolute Gasteiger partial charge is 0.244 e. The summed E-state index contributed by atoms with van der Waals surface area (Å²) in [4.78, 5) is 12.3. The molecule has 1 heterocycles. The molecule has 0 bridgehead atoms. The molecule has 118 valence electrons. The molecule has 1 fully saturated rings. The maximum absolute atomic E-state index is 12.3. The van der Waals surface area contributed by atoms with Gasteiger partial charge in [-0.3, -0.25) is 4.79 Å². The van der Waals surface area contributed by atoms with Crippen LogP contribution in [0.3, 0.4) is 0 Å². The summed E-state index contributed by atoms with van der Waals surface area (Å²) < 4.78 is 1.61. The van der Waals surface area contributed by atoms with Crippen molar-refractivity contribution in [2.45, 2.75) is 76.9 Å². The first-order valence-electron chi connectivity index (χ1n) is 8.09. The monoisotopic (exact) mass is 293 g/mol. The number of nitrogens with one attached hydrogen (secondary N) is 1. The van der Waals surface area contributed by atoms with Gasteiger partial charge < -0.3 is 11.1 Å². The quantitative estimate of drug-likeness (QED) is 0.841. The molecule has 6 heteroatoms. The number of hydrogen-bond acceptors (Lipinski definition) is 4. The first kappa shape index (κ1) is 15.9. The van der Waals surface area contributed by atoms with Crippen molar-refractivity contribution in [2.75, 3.05) is 0 Å². The Morgan fingerprint density at radius 3 is 2.86 bits per heavy atom. The van der Waals surface area contributed by atoms with E-state index in [2.05, 4.69) is 22.6 Å². The Morgan fingerprint density at radius 1 is 1.48 bits per heavy atom. The maximum Gasteiger partial charge on any atom is 0.244 e. The second kappa shape index (κ2) is 7.54. The number of carbonyl (C=O) groups excluding carboxylic acids is 1. The summed E-state index contributed by atoms with van der Waals surface area (Å²) >= 11 is 0. The highest BCUT2D eigenvalue weighted by molar-refractivity contribution is 5.80. The van der Waals surface area contributed by atoms with Gasteiger partial charge in [-0.25, -0.2) is 4.68 Å². The van der Waals surface area contributed by atoms with Gasteiger partial charge in [0.1, 0.15) is 6.04 Å². The molecule has 1 saturated carbocycles. The van der Waals surface area contributed by atoms with Gasteiger partial charge in [0.05, 0.1) is 17.9 Å². The Bertz CT molecular complexity index is 453. The molecular formula is C15H27N5O. The molecule has 1 aliphatic rings. The zero-order chi connectivity index (χ0) is 15.2. The maximum atomic E-state index is 12.3. The van der Waals surface area contributed by atoms with Crippen LogP contribution in [-0.4, -0.2) is 26.9 Å². The summed E-state index contributed by atoms with van der Waals surface area (Å²) in [5.41, 5.74) is 6.79. The number of amides is 1. The molecule has 2 atom stereocenters. The van der Waals surface area contributed by atoms with Crippen LogP contribution in [-0.2, 0) is 4.79 Å². The molecular weight excluding hydrogens is 266 g/mol. The van der Waals surface area contributed by atoms with E-state index in [4.69, 9.17) is 5.73 Å². The standard InChI is InChI=1S/C15H27N5O/c1-3-7-13(16)14-10-20(19-18-14)11(2)15(21)17-12-8-5-4-6-9-12/h10-13H,3-9,16H2,1-2H3,(H,17,21). The highest BCUT2D eigenvalue weighted by atomic mass is 16.2. The van der Waals surface area contributed by atoms with E-state index in [1.807, 2.05) is 6.92 Å². The van der Waals surface area contributed by atoms with Gasteiger partial charge in [0.25, 0.3) is 0 Å². The van der Waals surface area contributed by atoms with Crippen molar-refractivity contribution in [3.8, 4) is 0 Å². The average molecular weight is 293 g/mol. The lowest BCUT2D eigenvalue weighted by atomic mass is 9.95. The third kappa shape index (κ3) is 4.27. The van der Waals surface area contributed by atoms with Crippen LogP contribution in [0.15, 0.2) is 6.20 Å². The SMILES string of the molecule is CCCC(N)c1cn(C(C)C(=O)NC2CCCCC2)nn1. The second-order valence-electron chi connectivity index (χ2n) is 6.04. The number of carbonyl (C=O) groups is 1. The molecule has 0 spiro atoms. The van der Waals surface area contributed by atoms with E-state index < -0.39 is 0 Å². The molecule has 2 rings (SSSR count). The van der Waals surface area contributed by atoms with E-state index in [-0.39, 0.29) is 18.0 Å². The third-order valence-electron chi connectivity index (χ3n) is 4.24. The molecule has 2 unspecified atom stereocenters. The van der Waals surface area contributed by atoms with Gasteiger partial charge in [0, 0.05) is 6.04 Å². The van der Waals surface area contributed by atoms with Crippen LogP contribution in [0.5, 0.6) is 0 Å². The molecule has 1 aromatic rings. The number of nitrogens with zero attached hydrogens (tertiary/aromatic N) is 3. The Kier molecular flexibility index (Phi) is 5.73. The van der Waals surface area contributed by atoms with E-state index in [0.717, 1.165) is 31.4 Å². The van der Waals surface area contributed by atoms with Crippen molar-refractivity contribution < 1.29 is 4.79 Å². The highest BCUT2D eigenvalue weighted by Gasteiger charge is 2.22. The molecule has 21 heavy (non-hydrogen) atoms. The first-order valence-corrected chi connectivity index (χ1v) is 8.09. The molecule has 1 amide bonds. The fourth-order valence-corrected chi connectivity index (χ4v) is 2.80. The van der Waals surface area contributed by atoms with Crippen molar-refractivity contribution in [3.05, 3.63) is 11.9 Å². The largest absolute Gasteiger partial charge is 0.352 e. The molecule has 0 saturated heterocycles. The molecule has 0 aliphatic heterocycles. The minimum atomic E-state index is -0.345. The minimum absolute atomic E-state index is 0.0161. The highest BCUT2D eigenvalue weighted by Crippen LogP contribution is 2.19. The molecule has 6 nitrogen and oxygen atoms in total. The fourth-order valence-electron chi connectivity index (χ4n) is 2.80. The lowest BCUT2D eigenvalue weighted by Gasteiger charge is -2.24. The van der Waals surface area contributed by atoms with Crippen LogP contribution in [0.1, 0.15) is 76.6 Å². The summed E-state index contributed by atoms with van der Waals surface area (Å²) in [6.45, 7) is 3.94. The summed E-state index contributed by atoms with van der Waals surface area (Å²) in [5, 5.41) is 11.3. The van der Waals surface area contributed by atoms with Gasteiger partial charge >= 0.3 is 0 Å². The van der Waals surface area contributed by atoms with Gasteiger partial charge in [-0.2, -0.15) is 0 Å². The predicted octanol–water partition coefficient (Wildman–Crippen LogP) is 2.09. The van der Waals surface area contributed by atoms with Crippen LogP contribution >= 0.6 is 0 Å². The Hall–Kier alpha value is -1.43. The Labute approximate surface area is 126 Å². The van der Waals surface area contributed by atoms with Gasteiger partial charge in [-0.05, 0) is 26.2 Å². The van der Waals surface area contributed by atoms with Crippen LogP contribution < -0.4 is 11.1 Å². The molecule has 0 aromatic carbocycles. The molecule has 3 N–H and O–H groups in total. The number of rotatable bonds is 6. The Morgan fingerprint density at radius 2 is 2.19 bits per heavy atom. The van der Waals surface area contributed by atoms with Crippen molar-refractivity contribution in [3.63, 3.8) is 0 Å². The van der Waals surface area contributed by atoms with E-state index >= 15 is 0 Å². The van der Waals surface area contributed by atoms with Gasteiger partial charge in [0.15, 0.2) is 0 Å². The molecule has 1 aliphatic carbocycles. The van der Waals surface area contributed by atoms with Crippen LogP contribution in [0, 0.1) is 0 Å². The van der Waals surface area contributed by atoms with E-state index in [9.17, 15) is 4.79 Å². The van der Waals surface area contributed by atoms with Crippen LogP contribution in [0.25, 0.3) is 0 Å². The summed E-state index contributed by atoms with van der Waals surface area (Å²) in [6.07, 6.45) is 9.55. The summed E-state index contributed by atoms with van der Waals surface area (Å²) in [6, 6.07) is -0.126. The second-order valence-corrected chi connectivity index (χ2v) is 6.04. The van der Waals surface area contributed by atoms with Crippen molar-refractivity contribution in [1.29, 1.82) is 0 Å².